The van der Waals surface area contributed by atoms with E-state index in [0.29, 0.717) is 6.54 Å². The molecular formula is C13H15ClN2O2S2. The fourth-order valence-electron chi connectivity index (χ4n) is 1.71. The van der Waals surface area contributed by atoms with Crippen LogP contribution in [-0.4, -0.2) is 15.5 Å². The van der Waals surface area contributed by atoms with Crippen molar-refractivity contribution in [2.45, 2.75) is 18.4 Å². The van der Waals surface area contributed by atoms with Crippen molar-refractivity contribution in [3.05, 3.63) is 45.1 Å². The summed E-state index contributed by atoms with van der Waals surface area (Å²) in [4.78, 5) is 1.34. The fourth-order valence-corrected chi connectivity index (χ4v) is 3.49. The largest absolute Gasteiger partial charge is 0.380 e. The molecule has 4 nitrogen and oxygen atoms in total. The molecule has 0 saturated heterocycles. The average Bonchev–Trinajstić information content (AvgIpc) is 2.83. The minimum Gasteiger partial charge on any atom is -0.380 e. The van der Waals surface area contributed by atoms with Crippen molar-refractivity contribution in [2.75, 3.05) is 12.4 Å². The highest BCUT2D eigenvalue weighted by molar-refractivity contribution is 7.89. The molecule has 0 aliphatic rings. The maximum absolute atomic E-state index is 11.8. The summed E-state index contributed by atoms with van der Waals surface area (Å²) in [5, 5.41) is 3.24. The number of benzene rings is 1. The van der Waals surface area contributed by atoms with E-state index in [2.05, 4.69) is 10.0 Å². The van der Waals surface area contributed by atoms with Crippen LogP contribution in [0.5, 0.6) is 0 Å². The molecular weight excluding hydrogens is 316 g/mol. The summed E-state index contributed by atoms with van der Waals surface area (Å²) in [6, 6.07) is 8.81. The van der Waals surface area contributed by atoms with E-state index in [0.717, 1.165) is 20.5 Å². The molecule has 2 rings (SSSR count). The second-order valence-corrected chi connectivity index (χ2v) is 7.93. The predicted octanol–water partition coefficient (Wildman–Crippen LogP) is 3.23. The summed E-state index contributed by atoms with van der Waals surface area (Å²) in [7, 11) is -2.03. The van der Waals surface area contributed by atoms with Crippen molar-refractivity contribution in [1.29, 1.82) is 0 Å². The smallest absolute Gasteiger partial charge is 0.240 e. The minimum atomic E-state index is -3.42. The fraction of sp³-hybridized carbons (Fsp3) is 0.231. The highest BCUT2D eigenvalue weighted by atomic mass is 35.5. The van der Waals surface area contributed by atoms with E-state index in [1.54, 1.807) is 18.2 Å². The first-order valence-electron chi connectivity index (χ1n) is 5.94. The Morgan fingerprint density at radius 2 is 2.00 bits per heavy atom. The van der Waals surface area contributed by atoms with Gasteiger partial charge in [-0.05, 0) is 43.8 Å². The third-order valence-corrected chi connectivity index (χ3v) is 5.51. The van der Waals surface area contributed by atoms with Crippen LogP contribution < -0.4 is 10.0 Å². The molecule has 2 aromatic rings. The van der Waals surface area contributed by atoms with E-state index in [9.17, 15) is 8.42 Å². The van der Waals surface area contributed by atoms with Gasteiger partial charge in [-0.3, -0.25) is 0 Å². The van der Waals surface area contributed by atoms with Crippen LogP contribution in [0.4, 0.5) is 5.69 Å². The van der Waals surface area contributed by atoms with Gasteiger partial charge < -0.3 is 5.32 Å². The summed E-state index contributed by atoms with van der Waals surface area (Å²) >= 11 is 7.38. The summed E-state index contributed by atoms with van der Waals surface area (Å²) in [6.45, 7) is 2.54. The van der Waals surface area contributed by atoms with Gasteiger partial charge in [-0.2, -0.15) is 0 Å². The summed E-state index contributed by atoms with van der Waals surface area (Å²) in [5.41, 5.74) is 1.79. The van der Waals surface area contributed by atoms with Gasteiger partial charge in [0.25, 0.3) is 0 Å². The van der Waals surface area contributed by atoms with Crippen molar-refractivity contribution < 1.29 is 8.42 Å². The molecule has 0 spiro atoms. The SMILES string of the molecule is CNS(=O)(=O)c1ccc(C)c(NCc2ccc(Cl)s2)c1. The van der Waals surface area contributed by atoms with E-state index < -0.39 is 10.0 Å². The Labute approximate surface area is 127 Å². The number of hydrogen-bond donors (Lipinski definition) is 2. The molecule has 0 saturated carbocycles. The third-order valence-electron chi connectivity index (χ3n) is 2.87. The predicted molar refractivity (Wildman–Crippen MR) is 84.1 cm³/mol. The number of sulfonamides is 1. The van der Waals surface area contributed by atoms with Gasteiger partial charge in [-0.15, -0.1) is 11.3 Å². The average molecular weight is 331 g/mol. The van der Waals surface area contributed by atoms with Gasteiger partial charge in [0.1, 0.15) is 0 Å². The van der Waals surface area contributed by atoms with Gasteiger partial charge in [0.2, 0.25) is 10.0 Å². The molecule has 0 radical (unpaired) electrons. The molecule has 0 atom stereocenters. The van der Waals surface area contributed by atoms with Gasteiger partial charge in [-0.25, -0.2) is 13.1 Å². The number of aryl methyl sites for hydroxylation is 1. The quantitative estimate of drug-likeness (QED) is 0.885. The van der Waals surface area contributed by atoms with Crippen molar-refractivity contribution in [3.8, 4) is 0 Å². The lowest BCUT2D eigenvalue weighted by Gasteiger charge is -2.11. The molecule has 20 heavy (non-hydrogen) atoms. The lowest BCUT2D eigenvalue weighted by Crippen LogP contribution is -2.18. The second-order valence-electron chi connectivity index (χ2n) is 4.24. The van der Waals surface area contributed by atoms with E-state index in [1.165, 1.54) is 18.4 Å². The van der Waals surface area contributed by atoms with Crippen LogP contribution in [0.25, 0.3) is 0 Å². The van der Waals surface area contributed by atoms with E-state index in [-0.39, 0.29) is 4.90 Å². The molecule has 1 aromatic carbocycles. The molecule has 1 heterocycles. The molecule has 0 bridgehead atoms. The Balaban J connectivity index is 2.21. The number of hydrogen-bond acceptors (Lipinski definition) is 4. The Morgan fingerprint density at radius 1 is 1.25 bits per heavy atom. The van der Waals surface area contributed by atoms with E-state index >= 15 is 0 Å². The highest BCUT2D eigenvalue weighted by Crippen LogP contribution is 2.24. The number of rotatable bonds is 5. The number of thiophene rings is 1. The number of halogens is 1. The molecule has 0 amide bonds. The molecule has 0 fully saturated rings. The normalized spacial score (nSPS) is 11.6. The molecule has 108 valence electrons. The topological polar surface area (TPSA) is 58.2 Å². The molecule has 1 aromatic heterocycles. The van der Waals surface area contributed by atoms with Crippen LogP contribution in [0.15, 0.2) is 35.2 Å². The second kappa shape index (κ2) is 6.13. The molecule has 0 unspecified atom stereocenters. The van der Waals surface area contributed by atoms with Gasteiger partial charge in [-0.1, -0.05) is 17.7 Å². The van der Waals surface area contributed by atoms with Gasteiger partial charge in [0.15, 0.2) is 0 Å². The summed E-state index contributed by atoms with van der Waals surface area (Å²) in [5.74, 6) is 0. The zero-order chi connectivity index (χ0) is 14.8. The summed E-state index contributed by atoms with van der Waals surface area (Å²) < 4.78 is 26.6. The highest BCUT2D eigenvalue weighted by Gasteiger charge is 2.12. The third kappa shape index (κ3) is 3.52. The minimum absolute atomic E-state index is 0.248. The van der Waals surface area contributed by atoms with E-state index in [4.69, 9.17) is 11.6 Å². The van der Waals surface area contributed by atoms with Crippen LogP contribution in [0.2, 0.25) is 4.34 Å². The lowest BCUT2D eigenvalue weighted by molar-refractivity contribution is 0.588. The maximum atomic E-state index is 11.8. The zero-order valence-corrected chi connectivity index (χ0v) is 13.5. The van der Waals surface area contributed by atoms with Crippen LogP contribution in [0.3, 0.4) is 0 Å². The standard InChI is InChI=1S/C13H15ClN2O2S2/c1-9-3-5-11(20(17,18)15-2)7-12(9)16-8-10-4-6-13(14)19-10/h3-7,15-16H,8H2,1-2H3. The van der Waals surface area contributed by atoms with Crippen molar-refractivity contribution in [3.63, 3.8) is 0 Å². The molecule has 0 aliphatic carbocycles. The van der Waals surface area contributed by atoms with Crippen LogP contribution in [0.1, 0.15) is 10.4 Å². The van der Waals surface area contributed by atoms with Crippen molar-refractivity contribution >= 4 is 38.6 Å². The first-order chi connectivity index (χ1) is 9.42. The summed E-state index contributed by atoms with van der Waals surface area (Å²) in [6.07, 6.45) is 0. The Kier molecular flexibility index (Phi) is 4.70. The maximum Gasteiger partial charge on any atom is 0.240 e. The molecule has 7 heteroatoms. The van der Waals surface area contributed by atoms with Crippen LogP contribution in [0, 0.1) is 6.92 Å². The first kappa shape index (κ1) is 15.3. The Morgan fingerprint density at radius 3 is 2.60 bits per heavy atom. The van der Waals surface area contributed by atoms with Crippen LogP contribution in [-0.2, 0) is 16.6 Å². The number of nitrogens with one attached hydrogen (secondary N) is 2. The van der Waals surface area contributed by atoms with E-state index in [1.807, 2.05) is 19.1 Å². The number of anilines is 1. The Hall–Kier alpha value is -1.08. The monoisotopic (exact) mass is 330 g/mol. The van der Waals surface area contributed by atoms with Crippen molar-refractivity contribution in [2.24, 2.45) is 0 Å². The molecule has 2 N–H and O–H groups in total. The first-order valence-corrected chi connectivity index (χ1v) is 8.62. The lowest BCUT2D eigenvalue weighted by atomic mass is 10.2. The van der Waals surface area contributed by atoms with Gasteiger partial charge in [0, 0.05) is 17.1 Å². The molecule has 0 aliphatic heterocycles. The zero-order valence-electron chi connectivity index (χ0n) is 11.1. The van der Waals surface area contributed by atoms with Gasteiger partial charge >= 0.3 is 0 Å². The Bertz CT molecular complexity index is 711. The van der Waals surface area contributed by atoms with Gasteiger partial charge in [0.05, 0.1) is 9.23 Å². The van der Waals surface area contributed by atoms with Crippen LogP contribution >= 0.6 is 22.9 Å². The van der Waals surface area contributed by atoms with Crippen molar-refractivity contribution in [1.82, 2.24) is 4.72 Å².